The molecule has 1 saturated carbocycles. The monoisotopic (exact) mass is 303 g/mol. The summed E-state index contributed by atoms with van der Waals surface area (Å²) in [7, 11) is -1.02. The van der Waals surface area contributed by atoms with Crippen molar-refractivity contribution in [2.75, 3.05) is 39.0 Å². The number of piperazine rings is 1. The third kappa shape index (κ3) is 4.41. The van der Waals surface area contributed by atoms with Gasteiger partial charge in [-0.25, -0.2) is 8.42 Å². The van der Waals surface area contributed by atoms with Crippen LogP contribution < -0.4 is 5.32 Å². The average Bonchev–Trinajstić information content (AvgIpc) is 3.16. The molecule has 20 heavy (non-hydrogen) atoms. The first-order valence-corrected chi connectivity index (χ1v) is 9.35. The molecule has 1 aliphatic heterocycles. The maximum absolute atomic E-state index is 12.4. The van der Waals surface area contributed by atoms with Crippen molar-refractivity contribution in [1.29, 1.82) is 0 Å². The fourth-order valence-electron chi connectivity index (χ4n) is 2.57. The SMILES string of the molecule is CN1CCN(S(=O)(=O)CCCCNC2CC2)CC1(C)C. The number of likely N-dealkylation sites (N-methyl/N-ethyl adjacent to an activating group) is 1. The van der Waals surface area contributed by atoms with E-state index in [0.29, 0.717) is 24.9 Å². The quantitative estimate of drug-likeness (QED) is 0.709. The predicted molar refractivity (Wildman–Crippen MR) is 82.3 cm³/mol. The van der Waals surface area contributed by atoms with Crippen LogP contribution in [0.15, 0.2) is 0 Å². The fourth-order valence-corrected chi connectivity index (χ4v) is 4.26. The number of sulfonamides is 1. The summed E-state index contributed by atoms with van der Waals surface area (Å²) in [5.41, 5.74) is -0.0706. The van der Waals surface area contributed by atoms with Crippen molar-refractivity contribution in [3.63, 3.8) is 0 Å². The second-order valence-corrected chi connectivity index (χ2v) is 8.91. The van der Waals surface area contributed by atoms with Crippen LogP contribution in [-0.2, 0) is 10.0 Å². The van der Waals surface area contributed by atoms with Crippen LogP contribution in [0.4, 0.5) is 0 Å². The maximum Gasteiger partial charge on any atom is 0.214 e. The first-order chi connectivity index (χ1) is 9.31. The molecule has 0 atom stereocenters. The number of nitrogens with zero attached hydrogens (tertiary/aromatic N) is 2. The van der Waals surface area contributed by atoms with Crippen LogP contribution in [0.25, 0.3) is 0 Å². The van der Waals surface area contributed by atoms with E-state index in [0.717, 1.165) is 25.9 Å². The molecule has 1 heterocycles. The van der Waals surface area contributed by atoms with E-state index in [9.17, 15) is 8.42 Å². The molecule has 0 aromatic rings. The maximum atomic E-state index is 12.4. The highest BCUT2D eigenvalue weighted by atomic mass is 32.2. The van der Waals surface area contributed by atoms with Crippen LogP contribution in [0.2, 0.25) is 0 Å². The minimum Gasteiger partial charge on any atom is -0.314 e. The van der Waals surface area contributed by atoms with Gasteiger partial charge in [0, 0.05) is 31.2 Å². The Labute approximate surface area is 123 Å². The van der Waals surface area contributed by atoms with E-state index < -0.39 is 10.0 Å². The molecule has 5 nitrogen and oxygen atoms in total. The lowest BCUT2D eigenvalue weighted by Gasteiger charge is -2.44. The van der Waals surface area contributed by atoms with E-state index in [1.807, 2.05) is 0 Å². The summed E-state index contributed by atoms with van der Waals surface area (Å²) in [6.07, 6.45) is 4.28. The third-order valence-corrected chi connectivity index (χ3v) is 6.42. The normalized spacial score (nSPS) is 24.9. The van der Waals surface area contributed by atoms with Crippen LogP contribution in [-0.4, -0.2) is 68.2 Å². The Morgan fingerprint density at radius 1 is 1.20 bits per heavy atom. The Morgan fingerprint density at radius 3 is 2.50 bits per heavy atom. The van der Waals surface area contributed by atoms with E-state index in [2.05, 4.69) is 31.1 Å². The molecule has 0 aromatic heterocycles. The smallest absolute Gasteiger partial charge is 0.214 e. The second kappa shape index (κ2) is 6.30. The summed E-state index contributed by atoms with van der Waals surface area (Å²) < 4.78 is 26.4. The van der Waals surface area contributed by atoms with E-state index in [1.165, 1.54) is 12.8 Å². The van der Waals surface area contributed by atoms with Gasteiger partial charge in [-0.3, -0.25) is 4.90 Å². The van der Waals surface area contributed by atoms with Crippen LogP contribution in [0.5, 0.6) is 0 Å². The van der Waals surface area contributed by atoms with Gasteiger partial charge in [0.25, 0.3) is 0 Å². The van der Waals surface area contributed by atoms with E-state index >= 15 is 0 Å². The van der Waals surface area contributed by atoms with Crippen molar-refractivity contribution in [2.45, 2.75) is 51.1 Å². The van der Waals surface area contributed by atoms with Crippen molar-refractivity contribution in [3.8, 4) is 0 Å². The summed E-state index contributed by atoms with van der Waals surface area (Å²) in [5, 5.41) is 3.43. The molecular weight excluding hydrogens is 274 g/mol. The van der Waals surface area contributed by atoms with Gasteiger partial charge < -0.3 is 5.32 Å². The zero-order chi connectivity index (χ0) is 14.8. The van der Waals surface area contributed by atoms with Crippen LogP contribution in [0.1, 0.15) is 39.5 Å². The van der Waals surface area contributed by atoms with Gasteiger partial charge in [-0.2, -0.15) is 4.31 Å². The first kappa shape index (κ1) is 16.2. The molecule has 6 heteroatoms. The lowest BCUT2D eigenvalue weighted by Crippen LogP contribution is -2.59. The van der Waals surface area contributed by atoms with Crippen molar-refractivity contribution >= 4 is 10.0 Å². The average molecular weight is 303 g/mol. The van der Waals surface area contributed by atoms with Crippen LogP contribution in [0.3, 0.4) is 0 Å². The van der Waals surface area contributed by atoms with Gasteiger partial charge in [0.05, 0.1) is 5.75 Å². The summed E-state index contributed by atoms with van der Waals surface area (Å²) in [6, 6.07) is 0.713. The van der Waals surface area contributed by atoms with E-state index in [4.69, 9.17) is 0 Å². The molecule has 1 saturated heterocycles. The molecule has 0 aromatic carbocycles. The number of nitrogens with one attached hydrogen (secondary N) is 1. The summed E-state index contributed by atoms with van der Waals surface area (Å²) >= 11 is 0. The topological polar surface area (TPSA) is 52.7 Å². The number of unbranched alkanes of at least 4 members (excludes halogenated alkanes) is 1. The molecule has 0 unspecified atom stereocenters. The molecule has 0 bridgehead atoms. The van der Waals surface area contributed by atoms with Crippen molar-refractivity contribution in [2.24, 2.45) is 0 Å². The van der Waals surface area contributed by atoms with Crippen LogP contribution >= 0.6 is 0 Å². The Morgan fingerprint density at radius 2 is 1.90 bits per heavy atom. The number of hydrogen-bond donors (Lipinski definition) is 1. The fraction of sp³-hybridized carbons (Fsp3) is 1.00. The van der Waals surface area contributed by atoms with Crippen molar-refractivity contribution in [3.05, 3.63) is 0 Å². The van der Waals surface area contributed by atoms with Crippen molar-refractivity contribution < 1.29 is 8.42 Å². The molecule has 2 aliphatic rings. The zero-order valence-electron chi connectivity index (χ0n) is 13.1. The van der Waals surface area contributed by atoms with Gasteiger partial charge in [-0.15, -0.1) is 0 Å². The van der Waals surface area contributed by atoms with Gasteiger partial charge in [0.15, 0.2) is 0 Å². The molecule has 2 fully saturated rings. The summed E-state index contributed by atoms with van der Waals surface area (Å²) in [4.78, 5) is 2.23. The van der Waals surface area contributed by atoms with Crippen molar-refractivity contribution in [1.82, 2.24) is 14.5 Å². The molecule has 0 amide bonds. The molecular formula is C14H29N3O2S. The molecule has 1 aliphatic carbocycles. The number of rotatable bonds is 7. The Kier molecular flexibility index (Phi) is 5.10. The Bertz CT molecular complexity index is 418. The Hall–Kier alpha value is -0.170. The van der Waals surface area contributed by atoms with E-state index in [1.54, 1.807) is 4.31 Å². The van der Waals surface area contributed by atoms with Crippen LogP contribution in [0, 0.1) is 0 Å². The highest BCUT2D eigenvalue weighted by molar-refractivity contribution is 7.89. The van der Waals surface area contributed by atoms with Gasteiger partial charge >= 0.3 is 0 Å². The van der Waals surface area contributed by atoms with Gasteiger partial charge in [-0.05, 0) is 53.1 Å². The molecule has 0 spiro atoms. The minimum atomic E-state index is -3.08. The largest absolute Gasteiger partial charge is 0.314 e. The highest BCUT2D eigenvalue weighted by Gasteiger charge is 2.36. The molecule has 1 N–H and O–H groups in total. The van der Waals surface area contributed by atoms with E-state index in [-0.39, 0.29) is 5.54 Å². The third-order valence-electron chi connectivity index (χ3n) is 4.51. The lowest BCUT2D eigenvalue weighted by atomic mass is 10.0. The number of hydrogen-bond acceptors (Lipinski definition) is 4. The molecule has 0 radical (unpaired) electrons. The predicted octanol–water partition coefficient (Wildman–Crippen LogP) is 0.874. The highest BCUT2D eigenvalue weighted by Crippen LogP contribution is 2.22. The lowest BCUT2D eigenvalue weighted by molar-refractivity contribution is 0.0801. The van der Waals surface area contributed by atoms with Gasteiger partial charge in [-0.1, -0.05) is 0 Å². The standard InChI is InChI=1S/C14H29N3O2S/c1-14(2)12-17(10-9-16(14)3)20(18,19)11-5-4-8-15-13-6-7-13/h13,15H,4-12H2,1-3H3. The minimum absolute atomic E-state index is 0.0706. The molecule has 118 valence electrons. The summed E-state index contributed by atoms with van der Waals surface area (Å²) in [6.45, 7) is 7.21. The summed E-state index contributed by atoms with van der Waals surface area (Å²) in [5.74, 6) is 0.291. The first-order valence-electron chi connectivity index (χ1n) is 7.74. The van der Waals surface area contributed by atoms with Gasteiger partial charge in [0.1, 0.15) is 0 Å². The van der Waals surface area contributed by atoms with Gasteiger partial charge in [0.2, 0.25) is 10.0 Å². The molecule has 2 rings (SSSR count). The Balaban J connectivity index is 1.74. The second-order valence-electron chi connectivity index (χ2n) is 6.82. The zero-order valence-corrected chi connectivity index (χ0v) is 13.9.